The monoisotopic (exact) mass is 312 g/mol. The summed E-state index contributed by atoms with van der Waals surface area (Å²) in [6, 6.07) is 9.09. The summed E-state index contributed by atoms with van der Waals surface area (Å²) < 4.78 is 15.2. The summed E-state index contributed by atoms with van der Waals surface area (Å²) >= 11 is 0. The van der Waals surface area contributed by atoms with E-state index in [1.165, 1.54) is 7.11 Å². The zero-order valence-electron chi connectivity index (χ0n) is 13.1. The van der Waals surface area contributed by atoms with E-state index in [0.29, 0.717) is 23.0 Å². The predicted molar refractivity (Wildman–Crippen MR) is 84.1 cm³/mol. The average Bonchev–Trinajstić information content (AvgIpc) is 2.85. The van der Waals surface area contributed by atoms with Crippen LogP contribution in [0.15, 0.2) is 33.7 Å². The fourth-order valence-electron chi connectivity index (χ4n) is 1.82. The topological polar surface area (TPSA) is 84.8 Å². The molecule has 0 saturated heterocycles. The highest BCUT2D eigenvalue weighted by molar-refractivity contribution is 5.82. The normalized spacial score (nSPS) is 10.5. The van der Waals surface area contributed by atoms with Crippen LogP contribution in [0.1, 0.15) is 22.5 Å². The summed E-state index contributed by atoms with van der Waals surface area (Å²) in [5.41, 5.74) is 2.05. The zero-order valence-corrected chi connectivity index (χ0v) is 13.1. The molecule has 118 valence electrons. The van der Waals surface area contributed by atoms with Crippen LogP contribution in [-0.2, 0) is 9.53 Å². The average molecular weight is 312 g/mol. The molecule has 23 heavy (non-hydrogen) atoms. The number of furan rings is 1. The molecule has 0 aliphatic heterocycles. The van der Waals surface area contributed by atoms with Gasteiger partial charge in [0.2, 0.25) is 5.88 Å². The molecule has 0 spiro atoms. The first-order valence-electron chi connectivity index (χ1n) is 6.89. The van der Waals surface area contributed by atoms with Gasteiger partial charge >= 0.3 is 5.97 Å². The van der Waals surface area contributed by atoms with Crippen LogP contribution in [0.25, 0.3) is 0 Å². The molecule has 2 aromatic rings. The van der Waals surface area contributed by atoms with Crippen molar-refractivity contribution in [3.63, 3.8) is 0 Å². The summed E-state index contributed by atoms with van der Waals surface area (Å²) in [6.45, 7) is 3.48. The number of aryl methyl sites for hydroxylation is 1. The molecule has 0 unspecified atom stereocenters. The van der Waals surface area contributed by atoms with E-state index in [4.69, 9.17) is 14.4 Å². The molecule has 6 heteroatoms. The Kier molecular flexibility index (Phi) is 5.15. The van der Waals surface area contributed by atoms with E-state index in [-0.39, 0.29) is 6.61 Å². The van der Waals surface area contributed by atoms with Crippen molar-refractivity contribution in [2.75, 3.05) is 13.7 Å². The molecule has 0 atom stereocenters. The number of aliphatic imine (C=N–C) groups is 1. The maximum atomic E-state index is 11.0. The molecule has 1 aromatic carbocycles. The largest absolute Gasteiger partial charge is 0.482 e. The highest BCUT2D eigenvalue weighted by Gasteiger charge is 2.12. The third-order valence-electron chi connectivity index (χ3n) is 3.27. The zero-order chi connectivity index (χ0) is 16.8. The second-order valence-electron chi connectivity index (χ2n) is 4.77. The van der Waals surface area contributed by atoms with Gasteiger partial charge in [0.05, 0.1) is 7.11 Å². The lowest BCUT2D eigenvalue weighted by molar-refractivity contribution is -0.142. The Balaban J connectivity index is 2.08. The third-order valence-corrected chi connectivity index (χ3v) is 3.27. The Labute approximate surface area is 134 Å². The van der Waals surface area contributed by atoms with Crippen LogP contribution in [0.5, 0.6) is 5.75 Å². The van der Waals surface area contributed by atoms with Gasteiger partial charge in [0, 0.05) is 11.8 Å². The van der Waals surface area contributed by atoms with Crippen LogP contribution in [-0.4, -0.2) is 25.9 Å². The molecule has 1 heterocycles. The number of carbonyl (C=O) groups is 1. The van der Waals surface area contributed by atoms with Gasteiger partial charge in [-0.05, 0) is 43.7 Å². The number of nitrogens with zero attached hydrogens (tertiary/aromatic N) is 2. The van der Waals surface area contributed by atoms with Gasteiger partial charge in [0.25, 0.3) is 0 Å². The number of nitriles is 1. The summed E-state index contributed by atoms with van der Waals surface area (Å²) in [5, 5.41) is 9.13. The van der Waals surface area contributed by atoms with E-state index in [0.717, 1.165) is 11.1 Å². The Hall–Kier alpha value is -3.07. The number of carbonyl (C=O) groups excluding carboxylic acids is 1. The van der Waals surface area contributed by atoms with E-state index in [9.17, 15) is 4.79 Å². The summed E-state index contributed by atoms with van der Waals surface area (Å²) in [5.74, 6) is 1.09. The molecule has 0 radical (unpaired) electrons. The van der Waals surface area contributed by atoms with Crippen molar-refractivity contribution in [3.8, 4) is 11.8 Å². The Morgan fingerprint density at radius 1 is 1.35 bits per heavy atom. The van der Waals surface area contributed by atoms with Crippen molar-refractivity contribution in [2.45, 2.75) is 13.8 Å². The number of ether oxygens (including phenoxy) is 2. The lowest BCUT2D eigenvalue weighted by Gasteiger charge is -2.04. The van der Waals surface area contributed by atoms with Crippen LogP contribution in [0.2, 0.25) is 0 Å². The molecule has 1 aromatic heterocycles. The molecule has 0 bridgehead atoms. The molecule has 0 amide bonds. The van der Waals surface area contributed by atoms with Gasteiger partial charge in [-0.3, -0.25) is 0 Å². The molecule has 6 nitrogen and oxygen atoms in total. The maximum Gasteiger partial charge on any atom is 0.343 e. The SMILES string of the molecule is COC(=O)COc1ccc(C=Nc2oc(C)c(C)c2C#N)cc1. The minimum atomic E-state index is -0.441. The van der Waals surface area contributed by atoms with Gasteiger partial charge < -0.3 is 13.9 Å². The minimum Gasteiger partial charge on any atom is -0.482 e. The molecule has 0 saturated carbocycles. The van der Waals surface area contributed by atoms with Crippen molar-refractivity contribution >= 4 is 18.1 Å². The minimum absolute atomic E-state index is 0.138. The Morgan fingerprint density at radius 2 is 2.04 bits per heavy atom. The fourth-order valence-corrected chi connectivity index (χ4v) is 1.82. The van der Waals surface area contributed by atoms with E-state index >= 15 is 0 Å². The standard InChI is InChI=1S/C17H16N2O4/c1-11-12(2)23-17(15(11)8-18)19-9-13-4-6-14(7-5-13)22-10-16(20)21-3/h4-7,9H,10H2,1-3H3. The number of hydrogen-bond acceptors (Lipinski definition) is 6. The Bertz CT molecular complexity index is 767. The van der Waals surface area contributed by atoms with Crippen molar-refractivity contribution in [3.05, 3.63) is 46.7 Å². The first kappa shape index (κ1) is 16.3. The molecule has 0 fully saturated rings. The molecular formula is C17H16N2O4. The summed E-state index contributed by atoms with van der Waals surface area (Å²) in [7, 11) is 1.30. The summed E-state index contributed by atoms with van der Waals surface area (Å²) in [6.07, 6.45) is 1.60. The number of methoxy groups -OCH3 is 1. The van der Waals surface area contributed by atoms with Gasteiger partial charge in [-0.25, -0.2) is 9.79 Å². The number of esters is 1. The molecule has 2 rings (SSSR count). The van der Waals surface area contributed by atoms with Gasteiger partial charge in [0.1, 0.15) is 23.1 Å². The Morgan fingerprint density at radius 3 is 2.65 bits per heavy atom. The second kappa shape index (κ2) is 7.27. The lowest BCUT2D eigenvalue weighted by atomic mass is 10.2. The number of hydrogen-bond donors (Lipinski definition) is 0. The molecule has 0 aliphatic rings. The number of rotatable bonds is 5. The quantitative estimate of drug-likeness (QED) is 0.625. The highest BCUT2D eigenvalue weighted by atomic mass is 16.6. The van der Waals surface area contributed by atoms with E-state index < -0.39 is 5.97 Å². The van der Waals surface area contributed by atoms with Crippen LogP contribution >= 0.6 is 0 Å². The predicted octanol–water partition coefficient (Wildman–Crippen LogP) is 3.07. The van der Waals surface area contributed by atoms with Crippen molar-refractivity contribution in [1.82, 2.24) is 0 Å². The summed E-state index contributed by atoms with van der Waals surface area (Å²) in [4.78, 5) is 15.2. The van der Waals surface area contributed by atoms with Crippen LogP contribution in [0, 0.1) is 25.2 Å². The third kappa shape index (κ3) is 3.98. The van der Waals surface area contributed by atoms with Crippen molar-refractivity contribution < 1.29 is 18.7 Å². The van der Waals surface area contributed by atoms with Crippen LogP contribution < -0.4 is 4.74 Å². The highest BCUT2D eigenvalue weighted by Crippen LogP contribution is 2.27. The van der Waals surface area contributed by atoms with Crippen molar-refractivity contribution in [1.29, 1.82) is 5.26 Å². The van der Waals surface area contributed by atoms with E-state index in [1.807, 2.05) is 6.92 Å². The smallest absolute Gasteiger partial charge is 0.343 e. The molecular weight excluding hydrogens is 296 g/mol. The van der Waals surface area contributed by atoms with Gasteiger partial charge in [-0.1, -0.05) is 0 Å². The van der Waals surface area contributed by atoms with Gasteiger partial charge in [0.15, 0.2) is 6.61 Å². The van der Waals surface area contributed by atoms with Crippen molar-refractivity contribution in [2.24, 2.45) is 4.99 Å². The van der Waals surface area contributed by atoms with E-state index in [2.05, 4.69) is 15.8 Å². The van der Waals surface area contributed by atoms with Gasteiger partial charge in [-0.2, -0.15) is 5.26 Å². The maximum absolute atomic E-state index is 11.0. The molecule has 0 aliphatic carbocycles. The first-order valence-corrected chi connectivity index (χ1v) is 6.89. The van der Waals surface area contributed by atoms with Crippen LogP contribution in [0.4, 0.5) is 5.88 Å². The number of benzene rings is 1. The second-order valence-corrected chi connectivity index (χ2v) is 4.77. The lowest BCUT2D eigenvalue weighted by Crippen LogP contribution is -2.12. The van der Waals surface area contributed by atoms with E-state index in [1.54, 1.807) is 37.4 Å². The fraction of sp³-hybridized carbons (Fsp3) is 0.235. The van der Waals surface area contributed by atoms with Gasteiger partial charge in [-0.15, -0.1) is 0 Å². The molecule has 0 N–H and O–H groups in total. The van der Waals surface area contributed by atoms with Crippen LogP contribution in [0.3, 0.4) is 0 Å². The first-order chi connectivity index (χ1) is 11.0.